The zero-order chi connectivity index (χ0) is 18.1. The Labute approximate surface area is 152 Å². The van der Waals surface area contributed by atoms with Gasteiger partial charge in [0.2, 0.25) is 0 Å². The lowest BCUT2D eigenvalue weighted by Gasteiger charge is -2.35. The van der Waals surface area contributed by atoms with Gasteiger partial charge in [-0.05, 0) is 38.0 Å². The van der Waals surface area contributed by atoms with Gasteiger partial charge in [-0.25, -0.2) is 9.67 Å². The highest BCUT2D eigenvalue weighted by Gasteiger charge is 2.29. The number of hydrogen-bond donors (Lipinski definition) is 1. The van der Waals surface area contributed by atoms with Crippen molar-refractivity contribution in [3.63, 3.8) is 0 Å². The molecule has 26 heavy (non-hydrogen) atoms. The maximum atomic E-state index is 10.7. The van der Waals surface area contributed by atoms with Crippen LogP contribution in [0.25, 0.3) is 5.82 Å². The first kappa shape index (κ1) is 16.7. The van der Waals surface area contributed by atoms with Crippen molar-refractivity contribution in [3.05, 3.63) is 48.3 Å². The van der Waals surface area contributed by atoms with E-state index in [-0.39, 0.29) is 5.92 Å². The average Bonchev–Trinajstić information content (AvgIpc) is 3.30. The van der Waals surface area contributed by atoms with Gasteiger partial charge in [-0.3, -0.25) is 0 Å². The number of anilines is 1. The fourth-order valence-electron chi connectivity index (χ4n) is 3.50. The molecule has 1 saturated heterocycles. The standard InChI is InChI=1S/C18H23N7O/c1-13-7-10-25(22-13)16-6-5-15(20-21-16)24-9-3-4-14(12-24)17(26)18-19-8-11-23(18)2/h5-8,10-11,14,17,26H,3-4,9,12H2,1-2H3. The van der Waals surface area contributed by atoms with Crippen molar-refractivity contribution in [2.45, 2.75) is 25.9 Å². The number of piperidine rings is 1. The summed E-state index contributed by atoms with van der Waals surface area (Å²) in [7, 11) is 1.91. The SMILES string of the molecule is Cc1ccn(-c2ccc(N3CCCC(C(O)c4nccn4C)C3)nn2)n1. The highest BCUT2D eigenvalue weighted by atomic mass is 16.3. The fourth-order valence-corrected chi connectivity index (χ4v) is 3.50. The zero-order valence-corrected chi connectivity index (χ0v) is 15.0. The summed E-state index contributed by atoms with van der Waals surface area (Å²) in [5.41, 5.74) is 0.943. The van der Waals surface area contributed by atoms with E-state index in [9.17, 15) is 5.11 Å². The molecule has 2 atom stereocenters. The summed E-state index contributed by atoms with van der Waals surface area (Å²) in [6, 6.07) is 5.83. The first-order valence-electron chi connectivity index (χ1n) is 8.88. The van der Waals surface area contributed by atoms with E-state index in [0.29, 0.717) is 11.6 Å². The van der Waals surface area contributed by atoms with Crippen LogP contribution in [0.3, 0.4) is 0 Å². The lowest BCUT2D eigenvalue weighted by molar-refractivity contribution is 0.0873. The van der Waals surface area contributed by atoms with Crippen LogP contribution in [-0.2, 0) is 7.05 Å². The molecule has 0 aliphatic carbocycles. The van der Waals surface area contributed by atoms with Crippen molar-refractivity contribution in [1.82, 2.24) is 29.5 Å². The Morgan fingerprint density at radius 3 is 2.62 bits per heavy atom. The molecule has 8 nitrogen and oxygen atoms in total. The van der Waals surface area contributed by atoms with Crippen LogP contribution in [-0.4, -0.2) is 47.7 Å². The molecule has 0 radical (unpaired) electrons. The van der Waals surface area contributed by atoms with E-state index >= 15 is 0 Å². The monoisotopic (exact) mass is 353 g/mol. The second-order valence-electron chi connectivity index (χ2n) is 6.84. The van der Waals surface area contributed by atoms with Crippen LogP contribution < -0.4 is 4.90 Å². The number of hydrogen-bond acceptors (Lipinski definition) is 6. The summed E-state index contributed by atoms with van der Waals surface area (Å²) in [5, 5.41) is 23.7. The number of imidazole rings is 1. The summed E-state index contributed by atoms with van der Waals surface area (Å²) in [5.74, 6) is 2.37. The van der Waals surface area contributed by atoms with Crippen molar-refractivity contribution < 1.29 is 5.11 Å². The van der Waals surface area contributed by atoms with Gasteiger partial charge in [0.15, 0.2) is 11.6 Å². The Morgan fingerprint density at radius 1 is 1.15 bits per heavy atom. The lowest BCUT2D eigenvalue weighted by Crippen LogP contribution is -2.39. The summed E-state index contributed by atoms with van der Waals surface area (Å²) < 4.78 is 3.60. The van der Waals surface area contributed by atoms with Gasteiger partial charge in [0.05, 0.1) is 5.69 Å². The Hall–Kier alpha value is -2.74. The van der Waals surface area contributed by atoms with Gasteiger partial charge in [-0.15, -0.1) is 10.2 Å². The third kappa shape index (κ3) is 3.20. The summed E-state index contributed by atoms with van der Waals surface area (Å²) in [6.45, 7) is 3.60. The second-order valence-corrected chi connectivity index (χ2v) is 6.84. The smallest absolute Gasteiger partial charge is 0.175 e. The van der Waals surface area contributed by atoms with Gasteiger partial charge in [-0.2, -0.15) is 5.10 Å². The van der Waals surface area contributed by atoms with Crippen molar-refractivity contribution in [1.29, 1.82) is 0 Å². The Balaban J connectivity index is 1.48. The molecular formula is C18H23N7O. The van der Waals surface area contributed by atoms with Crippen LogP contribution >= 0.6 is 0 Å². The van der Waals surface area contributed by atoms with Crippen LogP contribution in [0, 0.1) is 12.8 Å². The van der Waals surface area contributed by atoms with Crippen LogP contribution in [0.2, 0.25) is 0 Å². The second kappa shape index (κ2) is 6.87. The van der Waals surface area contributed by atoms with Crippen LogP contribution in [0.1, 0.15) is 30.5 Å². The van der Waals surface area contributed by atoms with Gasteiger partial charge >= 0.3 is 0 Å². The van der Waals surface area contributed by atoms with Crippen molar-refractivity contribution >= 4 is 5.82 Å². The molecule has 136 valence electrons. The van der Waals surface area contributed by atoms with Gasteiger partial charge in [0.1, 0.15) is 11.9 Å². The molecule has 2 unspecified atom stereocenters. The number of aliphatic hydroxyl groups is 1. The minimum absolute atomic E-state index is 0.125. The minimum Gasteiger partial charge on any atom is -0.385 e. The molecule has 0 saturated carbocycles. The van der Waals surface area contributed by atoms with Gasteiger partial charge in [0, 0.05) is 44.6 Å². The molecule has 8 heteroatoms. The molecule has 1 fully saturated rings. The number of aliphatic hydroxyl groups excluding tert-OH is 1. The lowest BCUT2D eigenvalue weighted by atomic mass is 9.92. The van der Waals surface area contributed by atoms with E-state index < -0.39 is 6.10 Å². The predicted molar refractivity (Wildman–Crippen MR) is 97.0 cm³/mol. The molecule has 0 spiro atoms. The topological polar surface area (TPSA) is 84.9 Å². The molecule has 1 aliphatic rings. The van der Waals surface area contributed by atoms with E-state index in [1.54, 1.807) is 10.9 Å². The van der Waals surface area contributed by atoms with E-state index in [1.165, 1.54) is 0 Å². The van der Waals surface area contributed by atoms with E-state index in [1.807, 2.05) is 49.1 Å². The van der Waals surface area contributed by atoms with Crippen LogP contribution in [0.5, 0.6) is 0 Å². The highest BCUT2D eigenvalue weighted by Crippen LogP contribution is 2.30. The molecule has 1 N–H and O–H groups in total. The number of aromatic nitrogens is 6. The van der Waals surface area contributed by atoms with E-state index in [2.05, 4.69) is 25.2 Å². The summed E-state index contributed by atoms with van der Waals surface area (Å²) in [4.78, 5) is 6.48. The first-order valence-corrected chi connectivity index (χ1v) is 8.88. The van der Waals surface area contributed by atoms with E-state index in [0.717, 1.165) is 37.4 Å². The molecular weight excluding hydrogens is 330 g/mol. The van der Waals surface area contributed by atoms with Crippen molar-refractivity contribution in [2.24, 2.45) is 13.0 Å². The van der Waals surface area contributed by atoms with Crippen LogP contribution in [0.4, 0.5) is 5.82 Å². The van der Waals surface area contributed by atoms with Gasteiger partial charge in [0.25, 0.3) is 0 Å². The third-order valence-electron chi connectivity index (χ3n) is 4.94. The van der Waals surface area contributed by atoms with E-state index in [4.69, 9.17) is 0 Å². The minimum atomic E-state index is -0.572. The number of rotatable bonds is 4. The van der Waals surface area contributed by atoms with Crippen LogP contribution in [0.15, 0.2) is 36.8 Å². The molecule has 1 aliphatic heterocycles. The molecule has 0 bridgehead atoms. The molecule has 0 aromatic carbocycles. The molecule has 4 rings (SSSR count). The normalized spacial score (nSPS) is 18.9. The molecule has 3 aromatic heterocycles. The maximum absolute atomic E-state index is 10.7. The van der Waals surface area contributed by atoms with Crippen molar-refractivity contribution in [2.75, 3.05) is 18.0 Å². The summed E-state index contributed by atoms with van der Waals surface area (Å²) in [6.07, 6.45) is 6.87. The average molecular weight is 353 g/mol. The van der Waals surface area contributed by atoms with Crippen molar-refractivity contribution in [3.8, 4) is 5.82 Å². The zero-order valence-electron chi connectivity index (χ0n) is 15.0. The highest BCUT2D eigenvalue weighted by molar-refractivity contribution is 5.40. The number of nitrogens with zero attached hydrogens (tertiary/aromatic N) is 7. The largest absolute Gasteiger partial charge is 0.385 e. The quantitative estimate of drug-likeness (QED) is 0.768. The maximum Gasteiger partial charge on any atom is 0.175 e. The Bertz CT molecular complexity index is 870. The first-order chi connectivity index (χ1) is 12.6. The Kier molecular flexibility index (Phi) is 4.42. The molecule has 4 heterocycles. The number of aryl methyl sites for hydroxylation is 2. The Morgan fingerprint density at radius 2 is 1.96 bits per heavy atom. The molecule has 3 aromatic rings. The van der Waals surface area contributed by atoms with Gasteiger partial charge < -0.3 is 14.6 Å². The fraction of sp³-hybridized carbons (Fsp3) is 0.444. The van der Waals surface area contributed by atoms with Gasteiger partial charge in [-0.1, -0.05) is 0 Å². The molecule has 0 amide bonds. The predicted octanol–water partition coefficient (Wildman–Crippen LogP) is 1.65. The summed E-state index contributed by atoms with van der Waals surface area (Å²) >= 11 is 0. The third-order valence-corrected chi connectivity index (χ3v) is 4.94.